The SMILES string of the molecule is COCC(C)NCCC1=CCCC1. The van der Waals surface area contributed by atoms with E-state index in [2.05, 4.69) is 18.3 Å². The summed E-state index contributed by atoms with van der Waals surface area (Å²) in [6.45, 7) is 4.06. The van der Waals surface area contributed by atoms with Gasteiger partial charge in [0.25, 0.3) is 0 Å². The largest absolute Gasteiger partial charge is 0.383 e. The van der Waals surface area contributed by atoms with E-state index in [1.54, 1.807) is 12.7 Å². The van der Waals surface area contributed by atoms with Gasteiger partial charge in [0.15, 0.2) is 0 Å². The second-order valence-corrected chi connectivity index (χ2v) is 3.82. The molecule has 1 N–H and O–H groups in total. The molecule has 0 fully saturated rings. The van der Waals surface area contributed by atoms with Gasteiger partial charge < -0.3 is 10.1 Å². The molecule has 0 bridgehead atoms. The monoisotopic (exact) mass is 183 g/mol. The fraction of sp³-hybridized carbons (Fsp3) is 0.818. The van der Waals surface area contributed by atoms with E-state index in [9.17, 15) is 0 Å². The van der Waals surface area contributed by atoms with Crippen LogP contribution in [0, 0.1) is 0 Å². The zero-order valence-corrected chi connectivity index (χ0v) is 8.81. The van der Waals surface area contributed by atoms with Gasteiger partial charge in [-0.15, -0.1) is 0 Å². The summed E-state index contributed by atoms with van der Waals surface area (Å²) < 4.78 is 5.05. The van der Waals surface area contributed by atoms with Crippen LogP contribution < -0.4 is 5.32 Å². The summed E-state index contributed by atoms with van der Waals surface area (Å²) in [5.41, 5.74) is 1.64. The molecule has 13 heavy (non-hydrogen) atoms. The van der Waals surface area contributed by atoms with Gasteiger partial charge in [0.1, 0.15) is 0 Å². The van der Waals surface area contributed by atoms with Crippen LogP contribution in [-0.4, -0.2) is 26.3 Å². The van der Waals surface area contributed by atoms with Gasteiger partial charge >= 0.3 is 0 Å². The average Bonchev–Trinajstić information content (AvgIpc) is 2.57. The molecular weight excluding hydrogens is 162 g/mol. The quantitative estimate of drug-likeness (QED) is 0.637. The van der Waals surface area contributed by atoms with Crippen molar-refractivity contribution < 1.29 is 4.74 Å². The predicted octanol–water partition coefficient (Wildman–Crippen LogP) is 2.11. The van der Waals surface area contributed by atoms with Crippen LogP contribution in [0.1, 0.15) is 32.6 Å². The molecule has 1 unspecified atom stereocenters. The van der Waals surface area contributed by atoms with E-state index < -0.39 is 0 Å². The van der Waals surface area contributed by atoms with Gasteiger partial charge in [0.2, 0.25) is 0 Å². The molecule has 1 aliphatic rings. The highest BCUT2D eigenvalue weighted by Crippen LogP contribution is 2.19. The Balaban J connectivity index is 1.99. The van der Waals surface area contributed by atoms with Crippen LogP contribution in [0.2, 0.25) is 0 Å². The van der Waals surface area contributed by atoms with E-state index in [1.807, 2.05) is 0 Å². The predicted molar refractivity (Wildman–Crippen MR) is 55.9 cm³/mol. The molecule has 1 rings (SSSR count). The number of hydrogen-bond donors (Lipinski definition) is 1. The van der Waals surface area contributed by atoms with E-state index in [4.69, 9.17) is 4.74 Å². The van der Waals surface area contributed by atoms with Crippen molar-refractivity contribution in [2.75, 3.05) is 20.3 Å². The Bertz CT molecular complexity index is 165. The van der Waals surface area contributed by atoms with Crippen LogP contribution in [0.5, 0.6) is 0 Å². The number of hydrogen-bond acceptors (Lipinski definition) is 2. The first-order valence-electron chi connectivity index (χ1n) is 5.23. The molecule has 0 amide bonds. The standard InChI is InChI=1S/C11H21NO/c1-10(9-13-2)12-8-7-11-5-3-4-6-11/h5,10,12H,3-4,6-9H2,1-2H3. The normalized spacial score (nSPS) is 18.8. The minimum absolute atomic E-state index is 0.479. The third kappa shape index (κ3) is 4.44. The van der Waals surface area contributed by atoms with E-state index in [-0.39, 0.29) is 0 Å². The summed E-state index contributed by atoms with van der Waals surface area (Å²) in [4.78, 5) is 0. The molecule has 0 radical (unpaired) electrons. The Morgan fingerprint density at radius 2 is 2.46 bits per heavy atom. The summed E-state index contributed by atoms with van der Waals surface area (Å²) in [6, 6.07) is 0.479. The van der Waals surface area contributed by atoms with Crippen LogP contribution in [-0.2, 0) is 4.74 Å². The molecule has 2 heteroatoms. The Morgan fingerprint density at radius 3 is 3.08 bits per heavy atom. The molecule has 0 saturated carbocycles. The average molecular weight is 183 g/mol. The summed E-state index contributed by atoms with van der Waals surface area (Å²) in [5, 5.41) is 3.44. The van der Waals surface area contributed by atoms with Crippen LogP contribution >= 0.6 is 0 Å². The topological polar surface area (TPSA) is 21.3 Å². The van der Waals surface area contributed by atoms with Crippen molar-refractivity contribution >= 4 is 0 Å². The van der Waals surface area contributed by atoms with Crippen molar-refractivity contribution in [1.29, 1.82) is 0 Å². The highest BCUT2D eigenvalue weighted by molar-refractivity contribution is 5.07. The lowest BCUT2D eigenvalue weighted by Crippen LogP contribution is -2.31. The molecule has 0 aromatic rings. The molecule has 1 aliphatic carbocycles. The third-order valence-electron chi connectivity index (χ3n) is 2.49. The van der Waals surface area contributed by atoms with Gasteiger partial charge in [-0.1, -0.05) is 11.6 Å². The van der Waals surface area contributed by atoms with Gasteiger partial charge in [-0.3, -0.25) is 0 Å². The molecule has 0 heterocycles. The maximum atomic E-state index is 5.05. The number of nitrogens with one attached hydrogen (secondary N) is 1. The Labute approximate surface area is 81.4 Å². The molecule has 76 valence electrons. The number of rotatable bonds is 6. The maximum absolute atomic E-state index is 5.05. The Morgan fingerprint density at radius 1 is 1.62 bits per heavy atom. The molecule has 0 aromatic heterocycles. The van der Waals surface area contributed by atoms with E-state index in [1.165, 1.54) is 25.7 Å². The second-order valence-electron chi connectivity index (χ2n) is 3.82. The number of methoxy groups -OCH3 is 1. The first kappa shape index (κ1) is 10.7. The van der Waals surface area contributed by atoms with Crippen molar-refractivity contribution in [2.24, 2.45) is 0 Å². The molecule has 0 aromatic carbocycles. The molecule has 0 saturated heterocycles. The minimum Gasteiger partial charge on any atom is -0.383 e. The smallest absolute Gasteiger partial charge is 0.0613 e. The number of ether oxygens (including phenoxy) is 1. The maximum Gasteiger partial charge on any atom is 0.0613 e. The van der Waals surface area contributed by atoms with Crippen LogP contribution in [0.25, 0.3) is 0 Å². The second kappa shape index (κ2) is 6.17. The number of allylic oxidation sites excluding steroid dienone is 1. The van der Waals surface area contributed by atoms with Gasteiger partial charge in [0.05, 0.1) is 6.61 Å². The zero-order valence-electron chi connectivity index (χ0n) is 8.81. The Hall–Kier alpha value is -0.340. The van der Waals surface area contributed by atoms with Crippen molar-refractivity contribution in [3.8, 4) is 0 Å². The van der Waals surface area contributed by atoms with Crippen LogP contribution in [0.15, 0.2) is 11.6 Å². The summed E-state index contributed by atoms with van der Waals surface area (Å²) in [7, 11) is 1.75. The molecule has 2 nitrogen and oxygen atoms in total. The molecule has 1 atom stereocenters. The fourth-order valence-electron chi connectivity index (χ4n) is 1.75. The van der Waals surface area contributed by atoms with E-state index in [0.29, 0.717) is 6.04 Å². The van der Waals surface area contributed by atoms with E-state index in [0.717, 1.165) is 13.2 Å². The summed E-state index contributed by atoms with van der Waals surface area (Å²) in [6.07, 6.45) is 7.59. The van der Waals surface area contributed by atoms with Gasteiger partial charge in [-0.05, 0) is 39.2 Å². The van der Waals surface area contributed by atoms with Crippen molar-refractivity contribution in [1.82, 2.24) is 5.32 Å². The first-order chi connectivity index (χ1) is 6.33. The first-order valence-corrected chi connectivity index (χ1v) is 5.23. The summed E-state index contributed by atoms with van der Waals surface area (Å²) in [5.74, 6) is 0. The van der Waals surface area contributed by atoms with Gasteiger partial charge in [-0.2, -0.15) is 0 Å². The highest BCUT2D eigenvalue weighted by Gasteiger charge is 2.04. The van der Waals surface area contributed by atoms with E-state index >= 15 is 0 Å². The lowest BCUT2D eigenvalue weighted by Gasteiger charge is -2.12. The lowest BCUT2D eigenvalue weighted by atomic mass is 10.1. The highest BCUT2D eigenvalue weighted by atomic mass is 16.5. The molecular formula is C11H21NO. The summed E-state index contributed by atoms with van der Waals surface area (Å²) >= 11 is 0. The van der Waals surface area contributed by atoms with Crippen LogP contribution in [0.3, 0.4) is 0 Å². The van der Waals surface area contributed by atoms with Gasteiger partial charge in [-0.25, -0.2) is 0 Å². The van der Waals surface area contributed by atoms with Crippen LogP contribution in [0.4, 0.5) is 0 Å². The minimum atomic E-state index is 0.479. The van der Waals surface area contributed by atoms with Gasteiger partial charge in [0, 0.05) is 13.2 Å². The Kier molecular flexibility index (Phi) is 5.09. The van der Waals surface area contributed by atoms with Crippen molar-refractivity contribution in [2.45, 2.75) is 38.6 Å². The van der Waals surface area contributed by atoms with Crippen molar-refractivity contribution in [3.63, 3.8) is 0 Å². The fourth-order valence-corrected chi connectivity index (χ4v) is 1.75. The zero-order chi connectivity index (χ0) is 9.52. The molecule has 0 aliphatic heterocycles. The van der Waals surface area contributed by atoms with Crippen molar-refractivity contribution in [3.05, 3.63) is 11.6 Å². The molecule has 0 spiro atoms. The third-order valence-corrected chi connectivity index (χ3v) is 2.49. The lowest BCUT2D eigenvalue weighted by molar-refractivity contribution is 0.172.